The smallest absolute Gasteiger partial charge is 0.0833 e. The van der Waals surface area contributed by atoms with Gasteiger partial charge in [-0.3, -0.25) is 0 Å². The molecule has 1 N–H and O–H groups in total. The van der Waals surface area contributed by atoms with Gasteiger partial charge in [-0.1, -0.05) is 35.4 Å². The van der Waals surface area contributed by atoms with Gasteiger partial charge < -0.3 is 5.11 Å². The van der Waals surface area contributed by atoms with E-state index in [0.29, 0.717) is 0 Å². The summed E-state index contributed by atoms with van der Waals surface area (Å²) in [6.45, 7) is 4.12. The topological polar surface area (TPSA) is 20.2 Å². The van der Waals surface area contributed by atoms with Gasteiger partial charge in [0.2, 0.25) is 0 Å². The number of fused-ring (bicyclic) bond motifs is 1. The van der Waals surface area contributed by atoms with Gasteiger partial charge in [0.1, 0.15) is 0 Å². The van der Waals surface area contributed by atoms with Gasteiger partial charge in [0.05, 0.1) is 6.10 Å². The van der Waals surface area contributed by atoms with E-state index in [1.807, 2.05) is 0 Å². The van der Waals surface area contributed by atoms with Crippen molar-refractivity contribution in [1.82, 2.24) is 0 Å². The third-order valence-electron chi connectivity index (χ3n) is 2.52. The maximum atomic E-state index is 9.82. The molecule has 0 saturated carbocycles. The molecular formula is C12H14O. The van der Waals surface area contributed by atoms with E-state index < -0.39 is 0 Å². The Kier molecular flexibility index (Phi) is 1.97. The zero-order chi connectivity index (χ0) is 9.42. The standard InChI is InChI=1S/C12H14O/c1-8-3-4-10-5-9(2)7-12(13)11(10)6-8/h3-6,12-13H,7H2,1-2H3/t12-/m0/s1. The van der Waals surface area contributed by atoms with Gasteiger partial charge in [0.15, 0.2) is 0 Å². The van der Waals surface area contributed by atoms with E-state index >= 15 is 0 Å². The van der Waals surface area contributed by atoms with Gasteiger partial charge in [0.25, 0.3) is 0 Å². The van der Waals surface area contributed by atoms with E-state index in [-0.39, 0.29) is 6.10 Å². The fraction of sp³-hybridized carbons (Fsp3) is 0.333. The molecule has 68 valence electrons. The monoisotopic (exact) mass is 174 g/mol. The zero-order valence-corrected chi connectivity index (χ0v) is 8.04. The van der Waals surface area contributed by atoms with Gasteiger partial charge in [-0.2, -0.15) is 0 Å². The van der Waals surface area contributed by atoms with Crippen LogP contribution in [0.2, 0.25) is 0 Å². The minimum atomic E-state index is -0.306. The average molecular weight is 174 g/mol. The highest BCUT2D eigenvalue weighted by atomic mass is 16.3. The molecule has 2 rings (SSSR count). The van der Waals surface area contributed by atoms with Crippen molar-refractivity contribution in [2.45, 2.75) is 26.4 Å². The number of hydrogen-bond donors (Lipinski definition) is 1. The van der Waals surface area contributed by atoms with Crippen LogP contribution in [0.3, 0.4) is 0 Å². The maximum Gasteiger partial charge on any atom is 0.0833 e. The third-order valence-corrected chi connectivity index (χ3v) is 2.52. The molecule has 1 heteroatoms. The van der Waals surface area contributed by atoms with E-state index in [9.17, 15) is 5.11 Å². The Bertz CT molecular complexity index is 363. The van der Waals surface area contributed by atoms with E-state index in [4.69, 9.17) is 0 Å². The molecule has 1 aliphatic carbocycles. The molecule has 1 nitrogen and oxygen atoms in total. The second-order valence-electron chi connectivity index (χ2n) is 3.84. The lowest BCUT2D eigenvalue weighted by molar-refractivity contribution is 0.176. The van der Waals surface area contributed by atoms with Crippen molar-refractivity contribution in [3.63, 3.8) is 0 Å². The number of rotatable bonds is 0. The molecule has 1 aromatic rings. The molecule has 0 heterocycles. The zero-order valence-electron chi connectivity index (χ0n) is 8.04. The molecule has 0 radical (unpaired) electrons. The Morgan fingerprint density at radius 3 is 2.85 bits per heavy atom. The Morgan fingerprint density at radius 1 is 1.31 bits per heavy atom. The van der Waals surface area contributed by atoms with Crippen molar-refractivity contribution < 1.29 is 5.11 Å². The first-order valence-corrected chi connectivity index (χ1v) is 4.62. The van der Waals surface area contributed by atoms with Crippen LogP contribution in [0.5, 0.6) is 0 Å². The van der Waals surface area contributed by atoms with Gasteiger partial charge >= 0.3 is 0 Å². The summed E-state index contributed by atoms with van der Waals surface area (Å²) in [6, 6.07) is 6.24. The van der Waals surface area contributed by atoms with E-state index in [1.165, 1.54) is 16.7 Å². The second-order valence-corrected chi connectivity index (χ2v) is 3.84. The second kappa shape index (κ2) is 3.00. The normalized spacial score (nSPS) is 20.8. The number of aryl methyl sites for hydroxylation is 1. The van der Waals surface area contributed by atoms with Crippen LogP contribution >= 0.6 is 0 Å². The highest BCUT2D eigenvalue weighted by molar-refractivity contribution is 5.60. The average Bonchev–Trinajstić information content (AvgIpc) is 2.06. The molecule has 0 saturated heterocycles. The lowest BCUT2D eigenvalue weighted by Gasteiger charge is -2.20. The lowest BCUT2D eigenvalue weighted by Crippen LogP contribution is -2.05. The van der Waals surface area contributed by atoms with Gasteiger partial charge in [-0.05, 0) is 31.4 Å². The van der Waals surface area contributed by atoms with Crippen molar-refractivity contribution in [2.75, 3.05) is 0 Å². The van der Waals surface area contributed by atoms with Crippen molar-refractivity contribution in [1.29, 1.82) is 0 Å². The van der Waals surface area contributed by atoms with Crippen molar-refractivity contribution in [3.05, 3.63) is 40.5 Å². The summed E-state index contributed by atoms with van der Waals surface area (Å²) in [6.07, 6.45) is 2.62. The molecule has 0 aromatic heterocycles. The predicted octanol–water partition coefficient (Wildman–Crippen LogP) is 2.84. The molecule has 0 fully saturated rings. The molecular weight excluding hydrogens is 160 g/mol. The number of aliphatic hydroxyl groups excluding tert-OH is 1. The predicted molar refractivity (Wildman–Crippen MR) is 54.4 cm³/mol. The van der Waals surface area contributed by atoms with Crippen molar-refractivity contribution in [2.24, 2.45) is 0 Å². The molecule has 0 amide bonds. The Hall–Kier alpha value is -1.08. The van der Waals surface area contributed by atoms with E-state index in [2.05, 4.69) is 38.1 Å². The van der Waals surface area contributed by atoms with E-state index in [0.717, 1.165) is 12.0 Å². The molecule has 1 atom stereocenters. The molecule has 0 aliphatic heterocycles. The highest BCUT2D eigenvalue weighted by Crippen LogP contribution is 2.31. The van der Waals surface area contributed by atoms with Crippen molar-refractivity contribution in [3.8, 4) is 0 Å². The summed E-state index contributed by atoms with van der Waals surface area (Å²) in [5.74, 6) is 0. The first-order valence-electron chi connectivity index (χ1n) is 4.62. The Morgan fingerprint density at radius 2 is 2.08 bits per heavy atom. The van der Waals surface area contributed by atoms with Crippen LogP contribution in [-0.4, -0.2) is 5.11 Å². The van der Waals surface area contributed by atoms with Crippen LogP contribution < -0.4 is 0 Å². The minimum Gasteiger partial charge on any atom is -0.388 e. The molecule has 0 bridgehead atoms. The summed E-state index contributed by atoms with van der Waals surface area (Å²) in [4.78, 5) is 0. The number of benzene rings is 1. The van der Waals surface area contributed by atoms with Crippen molar-refractivity contribution >= 4 is 6.08 Å². The van der Waals surface area contributed by atoms with Gasteiger partial charge in [0, 0.05) is 0 Å². The van der Waals surface area contributed by atoms with Crippen LogP contribution in [0.15, 0.2) is 23.8 Å². The molecule has 0 unspecified atom stereocenters. The Labute approximate surface area is 78.7 Å². The van der Waals surface area contributed by atoms with Crippen LogP contribution in [0.1, 0.15) is 36.1 Å². The summed E-state index contributed by atoms with van der Waals surface area (Å²) >= 11 is 0. The molecule has 1 aromatic carbocycles. The largest absolute Gasteiger partial charge is 0.388 e. The van der Waals surface area contributed by atoms with Crippen LogP contribution in [-0.2, 0) is 0 Å². The van der Waals surface area contributed by atoms with Gasteiger partial charge in [-0.25, -0.2) is 0 Å². The third kappa shape index (κ3) is 1.52. The first-order chi connectivity index (χ1) is 6.16. The fourth-order valence-corrected chi connectivity index (χ4v) is 1.85. The Balaban J connectivity index is 2.56. The van der Waals surface area contributed by atoms with E-state index in [1.54, 1.807) is 0 Å². The summed E-state index contributed by atoms with van der Waals surface area (Å²) in [5.41, 5.74) is 4.71. The molecule has 0 spiro atoms. The molecule has 1 aliphatic rings. The number of hydrogen-bond acceptors (Lipinski definition) is 1. The summed E-state index contributed by atoms with van der Waals surface area (Å²) in [7, 11) is 0. The SMILES string of the molecule is CC1=Cc2ccc(C)cc2[C@@H](O)C1. The van der Waals surface area contributed by atoms with Gasteiger partial charge in [-0.15, -0.1) is 0 Å². The summed E-state index contributed by atoms with van der Waals surface area (Å²) < 4.78 is 0. The summed E-state index contributed by atoms with van der Waals surface area (Å²) in [5, 5.41) is 9.82. The quantitative estimate of drug-likeness (QED) is 0.641. The maximum absolute atomic E-state index is 9.82. The minimum absolute atomic E-state index is 0.306. The van der Waals surface area contributed by atoms with Crippen LogP contribution in [0.4, 0.5) is 0 Å². The lowest BCUT2D eigenvalue weighted by atomic mass is 9.89. The number of aliphatic hydroxyl groups is 1. The van der Waals surface area contributed by atoms with Crippen LogP contribution in [0, 0.1) is 6.92 Å². The van der Waals surface area contributed by atoms with Crippen LogP contribution in [0.25, 0.3) is 6.08 Å². The molecule has 13 heavy (non-hydrogen) atoms. The highest BCUT2D eigenvalue weighted by Gasteiger charge is 2.16. The fourth-order valence-electron chi connectivity index (χ4n) is 1.85. The first kappa shape index (κ1) is 8.52.